The third kappa shape index (κ3) is 4.16. The predicted molar refractivity (Wildman–Crippen MR) is 91.7 cm³/mol. The summed E-state index contributed by atoms with van der Waals surface area (Å²) in [5.74, 6) is -0.230. The van der Waals surface area contributed by atoms with E-state index in [0.717, 1.165) is 0 Å². The quantitative estimate of drug-likeness (QED) is 0.892. The fourth-order valence-electron chi connectivity index (χ4n) is 1.87. The first-order chi connectivity index (χ1) is 10.7. The molecule has 0 radical (unpaired) electrons. The fourth-order valence-corrected chi connectivity index (χ4v) is 3.68. The average Bonchev–Trinajstić information content (AvgIpc) is 2.48. The molecule has 0 fully saturated rings. The topological polar surface area (TPSA) is 66.5 Å². The maximum absolute atomic E-state index is 12.4. The van der Waals surface area contributed by atoms with Crippen molar-refractivity contribution in [3.63, 3.8) is 0 Å². The van der Waals surface area contributed by atoms with Crippen molar-refractivity contribution in [1.29, 1.82) is 0 Å². The zero-order valence-electron chi connectivity index (χ0n) is 12.4. The normalized spacial score (nSPS) is 11.1. The zero-order chi connectivity index (χ0) is 17.2. The van der Waals surface area contributed by atoms with Gasteiger partial charge < -0.3 is 4.90 Å². The van der Waals surface area contributed by atoms with Crippen LogP contribution < -0.4 is 4.72 Å². The Bertz CT molecular complexity index is 852. The summed E-state index contributed by atoms with van der Waals surface area (Å²) in [6, 6.07) is 10.4. The van der Waals surface area contributed by atoms with E-state index in [1.54, 1.807) is 32.3 Å². The Hall–Kier alpha value is -1.76. The molecule has 0 unspecified atom stereocenters. The molecule has 0 aliphatic heterocycles. The van der Waals surface area contributed by atoms with Gasteiger partial charge in [0.2, 0.25) is 0 Å². The summed E-state index contributed by atoms with van der Waals surface area (Å²) in [7, 11) is -0.689. The summed E-state index contributed by atoms with van der Waals surface area (Å²) in [4.78, 5) is 13.2. The number of benzene rings is 2. The highest BCUT2D eigenvalue weighted by molar-refractivity contribution is 7.92. The number of anilines is 1. The molecule has 1 amide bonds. The van der Waals surface area contributed by atoms with Gasteiger partial charge in [-0.25, -0.2) is 8.42 Å². The molecule has 5 nitrogen and oxygen atoms in total. The summed E-state index contributed by atoms with van der Waals surface area (Å²) in [6.07, 6.45) is 0. The molecule has 0 saturated heterocycles. The maximum Gasteiger partial charge on any atom is 0.263 e. The SMILES string of the molecule is CN(C)C(=O)c1cccc(NS(=O)(=O)c2cc(Cl)ccc2Cl)c1. The number of sulfonamides is 1. The van der Waals surface area contributed by atoms with E-state index in [1.807, 2.05) is 0 Å². The molecule has 0 saturated carbocycles. The van der Waals surface area contributed by atoms with E-state index in [1.165, 1.54) is 29.2 Å². The van der Waals surface area contributed by atoms with Gasteiger partial charge in [0, 0.05) is 30.4 Å². The average molecular weight is 373 g/mol. The second-order valence-corrected chi connectivity index (χ2v) is 7.46. The standard InChI is InChI=1S/C15H14Cl2N2O3S/c1-19(2)15(20)10-4-3-5-12(8-10)18-23(21,22)14-9-11(16)6-7-13(14)17/h3-9,18H,1-2H3. The molecule has 23 heavy (non-hydrogen) atoms. The van der Waals surface area contributed by atoms with Crippen LogP contribution in [-0.2, 0) is 10.0 Å². The molecular formula is C15H14Cl2N2O3S. The molecule has 0 aliphatic carbocycles. The Morgan fingerprint density at radius 1 is 1.09 bits per heavy atom. The molecule has 0 aliphatic rings. The first kappa shape index (κ1) is 17.6. The van der Waals surface area contributed by atoms with E-state index in [-0.39, 0.29) is 26.5 Å². The van der Waals surface area contributed by atoms with Crippen molar-refractivity contribution in [2.75, 3.05) is 18.8 Å². The highest BCUT2D eigenvalue weighted by atomic mass is 35.5. The number of carbonyl (C=O) groups is 1. The first-order valence-electron chi connectivity index (χ1n) is 6.50. The number of amides is 1. The summed E-state index contributed by atoms with van der Waals surface area (Å²) in [6.45, 7) is 0. The van der Waals surface area contributed by atoms with Crippen molar-refractivity contribution < 1.29 is 13.2 Å². The van der Waals surface area contributed by atoms with Gasteiger partial charge >= 0.3 is 0 Å². The number of carbonyl (C=O) groups excluding carboxylic acids is 1. The number of nitrogens with zero attached hydrogens (tertiary/aromatic N) is 1. The van der Waals surface area contributed by atoms with E-state index in [0.29, 0.717) is 5.56 Å². The number of nitrogens with one attached hydrogen (secondary N) is 1. The molecule has 0 heterocycles. The minimum Gasteiger partial charge on any atom is -0.345 e. The Balaban J connectivity index is 2.36. The zero-order valence-corrected chi connectivity index (χ0v) is 14.7. The highest BCUT2D eigenvalue weighted by Gasteiger charge is 2.19. The van der Waals surface area contributed by atoms with Gasteiger partial charge in [0.25, 0.3) is 15.9 Å². The van der Waals surface area contributed by atoms with Gasteiger partial charge in [-0.15, -0.1) is 0 Å². The monoisotopic (exact) mass is 372 g/mol. The van der Waals surface area contributed by atoms with Crippen LogP contribution in [0.15, 0.2) is 47.4 Å². The van der Waals surface area contributed by atoms with Gasteiger partial charge in [-0.2, -0.15) is 0 Å². The van der Waals surface area contributed by atoms with Gasteiger partial charge in [-0.1, -0.05) is 29.3 Å². The van der Waals surface area contributed by atoms with Gasteiger partial charge in [-0.05, 0) is 36.4 Å². The lowest BCUT2D eigenvalue weighted by Crippen LogP contribution is -2.22. The summed E-state index contributed by atoms with van der Waals surface area (Å²) >= 11 is 11.8. The largest absolute Gasteiger partial charge is 0.345 e. The molecule has 0 atom stereocenters. The van der Waals surface area contributed by atoms with Gasteiger partial charge in [0.15, 0.2) is 0 Å². The molecule has 0 aromatic heterocycles. The lowest BCUT2D eigenvalue weighted by molar-refractivity contribution is 0.0827. The Morgan fingerprint density at radius 3 is 2.43 bits per heavy atom. The van der Waals surface area contributed by atoms with Crippen LogP contribution in [0.5, 0.6) is 0 Å². The van der Waals surface area contributed by atoms with Crippen LogP contribution in [0.4, 0.5) is 5.69 Å². The van der Waals surface area contributed by atoms with Crippen molar-refractivity contribution in [3.8, 4) is 0 Å². The summed E-state index contributed by atoms with van der Waals surface area (Å²) in [5, 5.41) is 0.314. The molecule has 1 N–H and O–H groups in total. The lowest BCUT2D eigenvalue weighted by Gasteiger charge is -2.13. The first-order valence-corrected chi connectivity index (χ1v) is 8.74. The molecular weight excluding hydrogens is 359 g/mol. The van der Waals surface area contributed by atoms with E-state index in [4.69, 9.17) is 23.2 Å². The van der Waals surface area contributed by atoms with Gasteiger partial charge in [0.1, 0.15) is 4.90 Å². The lowest BCUT2D eigenvalue weighted by atomic mass is 10.2. The Kier molecular flexibility index (Phi) is 5.19. The number of halogens is 2. The van der Waals surface area contributed by atoms with Crippen LogP contribution in [-0.4, -0.2) is 33.3 Å². The molecule has 0 bridgehead atoms. The van der Waals surface area contributed by atoms with Crippen LogP contribution in [0.3, 0.4) is 0 Å². The van der Waals surface area contributed by atoms with Crippen molar-refractivity contribution in [1.82, 2.24) is 4.90 Å². The van der Waals surface area contributed by atoms with Crippen LogP contribution in [0.1, 0.15) is 10.4 Å². The number of hydrogen-bond acceptors (Lipinski definition) is 3. The number of hydrogen-bond donors (Lipinski definition) is 1. The van der Waals surface area contributed by atoms with Crippen LogP contribution in [0.2, 0.25) is 10.0 Å². The minimum absolute atomic E-state index is 0.0578. The minimum atomic E-state index is -3.92. The molecule has 2 aromatic rings. The van der Waals surface area contributed by atoms with Crippen molar-refractivity contribution in [3.05, 3.63) is 58.1 Å². The van der Waals surface area contributed by atoms with E-state index in [2.05, 4.69) is 4.72 Å². The third-order valence-corrected chi connectivity index (χ3v) is 5.05. The Morgan fingerprint density at radius 2 is 1.78 bits per heavy atom. The Labute approximate surface area is 144 Å². The van der Waals surface area contributed by atoms with Crippen LogP contribution >= 0.6 is 23.2 Å². The second-order valence-electron chi connectivity index (χ2n) is 4.96. The van der Waals surface area contributed by atoms with Crippen LogP contribution in [0.25, 0.3) is 0 Å². The predicted octanol–water partition coefficient (Wildman–Crippen LogP) is 3.50. The third-order valence-electron chi connectivity index (χ3n) is 2.95. The van der Waals surface area contributed by atoms with Gasteiger partial charge in [-0.3, -0.25) is 9.52 Å². The molecule has 2 rings (SSSR count). The highest BCUT2D eigenvalue weighted by Crippen LogP contribution is 2.27. The van der Waals surface area contributed by atoms with Crippen molar-refractivity contribution in [2.45, 2.75) is 4.90 Å². The molecule has 0 spiro atoms. The number of rotatable bonds is 4. The maximum atomic E-state index is 12.4. The smallest absolute Gasteiger partial charge is 0.263 e. The van der Waals surface area contributed by atoms with Gasteiger partial charge in [0.05, 0.1) is 5.02 Å². The van der Waals surface area contributed by atoms with E-state index >= 15 is 0 Å². The summed E-state index contributed by atoms with van der Waals surface area (Å²) < 4.78 is 27.3. The molecule has 122 valence electrons. The summed E-state index contributed by atoms with van der Waals surface area (Å²) in [5.41, 5.74) is 0.626. The fraction of sp³-hybridized carbons (Fsp3) is 0.133. The molecule has 8 heteroatoms. The van der Waals surface area contributed by atoms with E-state index in [9.17, 15) is 13.2 Å². The van der Waals surface area contributed by atoms with Crippen molar-refractivity contribution in [2.24, 2.45) is 0 Å². The second kappa shape index (κ2) is 6.78. The van der Waals surface area contributed by atoms with E-state index < -0.39 is 10.0 Å². The molecule has 2 aromatic carbocycles. The van der Waals surface area contributed by atoms with Crippen LogP contribution in [0, 0.1) is 0 Å². The van der Waals surface area contributed by atoms with Crippen molar-refractivity contribution >= 4 is 44.8 Å².